The molecule has 0 aromatic heterocycles. The normalized spacial score (nSPS) is 36.4. The van der Waals surface area contributed by atoms with Crippen LogP contribution >= 0.6 is 0 Å². The van der Waals surface area contributed by atoms with Crippen molar-refractivity contribution in [2.75, 3.05) is 26.2 Å². The summed E-state index contributed by atoms with van der Waals surface area (Å²) < 4.78 is 5.67. The lowest BCUT2D eigenvalue weighted by atomic mass is 9.40. The van der Waals surface area contributed by atoms with Gasteiger partial charge >= 0.3 is 6.09 Å². The third-order valence-corrected chi connectivity index (χ3v) is 7.06. The molecule has 1 spiro atoms. The van der Waals surface area contributed by atoms with Crippen LogP contribution in [0.4, 0.5) is 4.79 Å². The number of nitrogens with zero attached hydrogens (tertiary/aromatic N) is 2. The van der Waals surface area contributed by atoms with Crippen LogP contribution in [0.3, 0.4) is 0 Å². The molecule has 2 saturated heterocycles. The molecular weight excluding hydrogens is 324 g/mol. The van der Waals surface area contributed by atoms with Crippen LogP contribution in [0.1, 0.15) is 46.6 Å². The van der Waals surface area contributed by atoms with E-state index >= 15 is 0 Å². The maximum Gasteiger partial charge on any atom is 0.410 e. The molecule has 4 nitrogen and oxygen atoms in total. The fraction of sp³-hybridized carbons (Fsp3) is 0.682. The Morgan fingerprint density at radius 1 is 1.04 bits per heavy atom. The fourth-order valence-corrected chi connectivity index (χ4v) is 6.19. The van der Waals surface area contributed by atoms with E-state index in [4.69, 9.17) is 4.74 Å². The summed E-state index contributed by atoms with van der Waals surface area (Å²) in [6.45, 7) is 15.5. The molecule has 3 aliphatic rings. The maximum absolute atomic E-state index is 12.7. The minimum Gasteiger partial charge on any atom is -0.444 e. The molecule has 1 aliphatic carbocycles. The molecule has 0 radical (unpaired) electrons. The molecule has 3 atom stereocenters. The molecule has 26 heavy (non-hydrogen) atoms. The quantitative estimate of drug-likeness (QED) is 0.798. The molecule has 142 valence electrons. The van der Waals surface area contributed by atoms with E-state index in [-0.39, 0.29) is 16.9 Å². The van der Waals surface area contributed by atoms with Crippen molar-refractivity contribution in [3.05, 3.63) is 35.9 Å². The largest absolute Gasteiger partial charge is 0.444 e. The summed E-state index contributed by atoms with van der Waals surface area (Å²) in [5, 5.41) is 0. The molecule has 2 aliphatic heterocycles. The second-order valence-electron chi connectivity index (χ2n) is 10.3. The number of benzene rings is 1. The number of hydrogen-bond donors (Lipinski definition) is 0. The summed E-state index contributed by atoms with van der Waals surface area (Å²) in [5.74, 6) is 0. The highest BCUT2D eigenvalue weighted by Crippen LogP contribution is 2.74. The van der Waals surface area contributed by atoms with Crippen molar-refractivity contribution in [3.63, 3.8) is 0 Å². The van der Waals surface area contributed by atoms with Gasteiger partial charge in [-0.1, -0.05) is 44.2 Å². The van der Waals surface area contributed by atoms with Crippen LogP contribution in [0, 0.1) is 16.2 Å². The summed E-state index contributed by atoms with van der Waals surface area (Å²) in [7, 11) is 0. The molecule has 1 aromatic rings. The molecular formula is C22H32N2O2. The van der Waals surface area contributed by atoms with Gasteiger partial charge in [-0.15, -0.1) is 0 Å². The Kier molecular flexibility index (Phi) is 3.76. The van der Waals surface area contributed by atoms with Gasteiger partial charge in [-0.2, -0.15) is 0 Å². The summed E-state index contributed by atoms with van der Waals surface area (Å²) in [6, 6.07) is 10.7. The lowest BCUT2D eigenvalue weighted by Gasteiger charge is -2.62. The molecule has 0 bridgehead atoms. The Morgan fingerprint density at radius 2 is 1.69 bits per heavy atom. The first-order valence-corrected chi connectivity index (χ1v) is 9.80. The van der Waals surface area contributed by atoms with Crippen LogP contribution in [0.2, 0.25) is 0 Å². The van der Waals surface area contributed by atoms with Crippen molar-refractivity contribution in [3.8, 4) is 0 Å². The Bertz CT molecular complexity index is 713. The average Bonchev–Trinajstić information content (AvgIpc) is 2.89. The minimum absolute atomic E-state index is 0.147. The Balaban J connectivity index is 1.51. The van der Waals surface area contributed by atoms with Gasteiger partial charge < -0.3 is 9.64 Å². The molecule has 4 heteroatoms. The lowest BCUT2D eigenvalue weighted by Crippen LogP contribution is -2.62. The highest BCUT2D eigenvalue weighted by Gasteiger charge is 2.76. The van der Waals surface area contributed by atoms with Gasteiger partial charge in [0.05, 0.1) is 0 Å². The summed E-state index contributed by atoms with van der Waals surface area (Å²) >= 11 is 0. The zero-order chi connectivity index (χ0) is 18.8. The molecule has 3 fully saturated rings. The van der Waals surface area contributed by atoms with Crippen LogP contribution in [0.15, 0.2) is 30.3 Å². The molecule has 1 amide bonds. The van der Waals surface area contributed by atoms with E-state index in [9.17, 15) is 4.79 Å². The Hall–Kier alpha value is -1.55. The summed E-state index contributed by atoms with van der Waals surface area (Å²) in [4.78, 5) is 17.2. The minimum atomic E-state index is -0.435. The predicted octanol–water partition coefficient (Wildman–Crippen LogP) is 4.16. The van der Waals surface area contributed by atoms with Gasteiger partial charge in [-0.25, -0.2) is 4.79 Å². The smallest absolute Gasteiger partial charge is 0.410 e. The van der Waals surface area contributed by atoms with Crippen molar-refractivity contribution in [2.24, 2.45) is 16.2 Å². The second kappa shape index (κ2) is 5.48. The third kappa shape index (κ3) is 2.57. The third-order valence-electron chi connectivity index (χ3n) is 7.06. The summed E-state index contributed by atoms with van der Waals surface area (Å²) in [5.41, 5.74) is 1.65. The van der Waals surface area contributed by atoms with E-state index < -0.39 is 5.60 Å². The number of rotatable bonds is 2. The predicted molar refractivity (Wildman–Crippen MR) is 103 cm³/mol. The van der Waals surface area contributed by atoms with Crippen molar-refractivity contribution >= 4 is 6.09 Å². The Labute approximate surface area is 157 Å². The molecule has 3 unspecified atom stereocenters. The monoisotopic (exact) mass is 356 g/mol. The zero-order valence-electron chi connectivity index (χ0n) is 16.8. The number of amides is 1. The van der Waals surface area contributed by atoms with E-state index in [0.29, 0.717) is 5.41 Å². The number of likely N-dealkylation sites (tertiary alicyclic amines) is 2. The van der Waals surface area contributed by atoms with Gasteiger partial charge in [-0.3, -0.25) is 4.90 Å². The van der Waals surface area contributed by atoms with E-state index in [1.165, 1.54) is 12.0 Å². The number of carbonyl (C=O) groups excluding carboxylic acids is 1. The van der Waals surface area contributed by atoms with Gasteiger partial charge in [-0.05, 0) is 43.6 Å². The summed E-state index contributed by atoms with van der Waals surface area (Å²) in [6.07, 6.45) is 1.05. The molecule has 4 rings (SSSR count). The van der Waals surface area contributed by atoms with E-state index in [0.717, 1.165) is 32.7 Å². The van der Waals surface area contributed by atoms with Crippen LogP contribution < -0.4 is 0 Å². The average molecular weight is 357 g/mol. The lowest BCUT2D eigenvalue weighted by molar-refractivity contribution is -0.126. The highest BCUT2D eigenvalue weighted by molar-refractivity contribution is 5.69. The van der Waals surface area contributed by atoms with Crippen molar-refractivity contribution < 1.29 is 9.53 Å². The van der Waals surface area contributed by atoms with Crippen molar-refractivity contribution in [2.45, 2.75) is 53.2 Å². The molecule has 1 aromatic carbocycles. The second-order valence-corrected chi connectivity index (χ2v) is 10.3. The van der Waals surface area contributed by atoms with Crippen molar-refractivity contribution in [1.82, 2.24) is 9.80 Å². The zero-order valence-corrected chi connectivity index (χ0v) is 16.8. The van der Waals surface area contributed by atoms with Gasteiger partial charge in [0.1, 0.15) is 5.60 Å². The number of ether oxygens (including phenoxy) is 1. The topological polar surface area (TPSA) is 32.8 Å². The van der Waals surface area contributed by atoms with Crippen LogP contribution in [-0.4, -0.2) is 47.7 Å². The first kappa shape index (κ1) is 17.8. The van der Waals surface area contributed by atoms with Crippen molar-refractivity contribution in [1.29, 1.82) is 0 Å². The van der Waals surface area contributed by atoms with Gasteiger partial charge in [0, 0.05) is 38.1 Å². The van der Waals surface area contributed by atoms with E-state index in [1.54, 1.807) is 0 Å². The van der Waals surface area contributed by atoms with Crippen LogP contribution in [0.5, 0.6) is 0 Å². The fourth-order valence-electron chi connectivity index (χ4n) is 6.19. The maximum atomic E-state index is 12.7. The van der Waals surface area contributed by atoms with Crippen LogP contribution in [-0.2, 0) is 11.3 Å². The first-order chi connectivity index (χ1) is 12.1. The van der Waals surface area contributed by atoms with E-state index in [2.05, 4.69) is 49.1 Å². The van der Waals surface area contributed by atoms with Gasteiger partial charge in [0.15, 0.2) is 0 Å². The first-order valence-electron chi connectivity index (χ1n) is 9.80. The highest BCUT2D eigenvalue weighted by atomic mass is 16.6. The molecule has 2 heterocycles. The molecule has 1 saturated carbocycles. The SMILES string of the molecule is CC(C)(C)OC(=O)N1CC2(C)CC3(C)CN(Cc4ccccc4)CC32C1. The van der Waals surface area contributed by atoms with E-state index in [1.807, 2.05) is 25.7 Å². The Morgan fingerprint density at radius 3 is 2.35 bits per heavy atom. The van der Waals surface area contributed by atoms with Gasteiger partial charge in [0.2, 0.25) is 0 Å². The number of carbonyl (C=O) groups is 1. The standard InChI is InChI=1S/C22H32N2O2/c1-19(2,3)26-18(25)24-14-21(5)12-20(4)13-23(15-22(20,21)16-24)11-17-9-7-6-8-10-17/h6-10H,11-16H2,1-5H3. The number of hydrogen-bond acceptors (Lipinski definition) is 3. The van der Waals surface area contributed by atoms with Crippen LogP contribution in [0.25, 0.3) is 0 Å². The molecule has 0 N–H and O–H groups in total. The van der Waals surface area contributed by atoms with Gasteiger partial charge in [0.25, 0.3) is 0 Å².